The van der Waals surface area contributed by atoms with Crippen LogP contribution in [0.2, 0.25) is 0 Å². The molecule has 0 spiro atoms. The number of carbonyl (C=O) groups excluding carboxylic acids is 2. The van der Waals surface area contributed by atoms with Gasteiger partial charge in [0.1, 0.15) is 0 Å². The summed E-state index contributed by atoms with van der Waals surface area (Å²) in [6, 6.07) is -0.475. The molecule has 0 aliphatic carbocycles. The molecule has 2 N–H and O–H groups in total. The van der Waals surface area contributed by atoms with Crippen LogP contribution in [0, 0.1) is 5.92 Å². The zero-order valence-electron chi connectivity index (χ0n) is 16.0. The Morgan fingerprint density at radius 2 is 1.75 bits per heavy atom. The van der Waals surface area contributed by atoms with E-state index in [0.717, 1.165) is 19.3 Å². The van der Waals surface area contributed by atoms with E-state index in [1.807, 2.05) is 34.6 Å². The van der Waals surface area contributed by atoms with E-state index in [-0.39, 0.29) is 17.8 Å². The smallest absolute Gasteiger partial charge is 0.410 e. The zero-order chi connectivity index (χ0) is 18.5. The lowest BCUT2D eigenvalue weighted by Crippen LogP contribution is -2.48. The van der Waals surface area contributed by atoms with Crippen molar-refractivity contribution in [1.29, 1.82) is 0 Å². The maximum absolute atomic E-state index is 12.6. The van der Waals surface area contributed by atoms with Gasteiger partial charge in [-0.25, -0.2) is 4.79 Å². The lowest BCUT2D eigenvalue weighted by Gasteiger charge is -2.31. The van der Waals surface area contributed by atoms with Crippen LogP contribution in [0.1, 0.15) is 60.3 Å². The van der Waals surface area contributed by atoms with Gasteiger partial charge in [0, 0.05) is 12.5 Å². The highest BCUT2D eigenvalue weighted by Gasteiger charge is 2.31. The standard InChI is InChI=1S/C18H36N2O4/c1-6-12-24-18(22)20(11-13-23-15(4)5)16(9-7-8-10-19)17(21)14(2)3/h14-16H,6-13,19H2,1-5H3/t16-/m0/s1. The third kappa shape index (κ3) is 9.23. The maximum atomic E-state index is 12.6. The minimum absolute atomic E-state index is 0.0602. The van der Waals surface area contributed by atoms with Crippen molar-refractivity contribution in [2.24, 2.45) is 11.7 Å². The molecule has 0 unspecified atom stereocenters. The summed E-state index contributed by atoms with van der Waals surface area (Å²) in [6.45, 7) is 11.2. The van der Waals surface area contributed by atoms with Crippen LogP contribution in [0.25, 0.3) is 0 Å². The minimum Gasteiger partial charge on any atom is -0.449 e. The van der Waals surface area contributed by atoms with Crippen molar-refractivity contribution in [2.75, 3.05) is 26.3 Å². The summed E-state index contributed by atoms with van der Waals surface area (Å²) in [5, 5.41) is 0. The first kappa shape index (κ1) is 22.9. The molecular weight excluding hydrogens is 308 g/mol. The second-order valence-electron chi connectivity index (χ2n) is 6.58. The van der Waals surface area contributed by atoms with Gasteiger partial charge in [-0.2, -0.15) is 0 Å². The minimum atomic E-state index is -0.475. The fraction of sp³-hybridized carbons (Fsp3) is 0.889. The van der Waals surface area contributed by atoms with Gasteiger partial charge in [-0.05, 0) is 46.1 Å². The molecule has 0 aliphatic heterocycles. The van der Waals surface area contributed by atoms with Crippen molar-refractivity contribution >= 4 is 11.9 Å². The van der Waals surface area contributed by atoms with Crippen molar-refractivity contribution in [3.8, 4) is 0 Å². The molecule has 6 nitrogen and oxygen atoms in total. The van der Waals surface area contributed by atoms with Gasteiger partial charge >= 0.3 is 6.09 Å². The highest BCUT2D eigenvalue weighted by atomic mass is 16.6. The van der Waals surface area contributed by atoms with Gasteiger partial charge in [0.2, 0.25) is 0 Å². The van der Waals surface area contributed by atoms with Crippen LogP contribution < -0.4 is 5.73 Å². The SMILES string of the molecule is CCCOC(=O)N(CCOC(C)C)[C@@H](CCCCN)C(=O)C(C)C. The average Bonchev–Trinajstić information content (AvgIpc) is 2.53. The molecule has 0 bridgehead atoms. The first-order chi connectivity index (χ1) is 11.3. The lowest BCUT2D eigenvalue weighted by molar-refractivity contribution is -0.127. The Morgan fingerprint density at radius 3 is 2.25 bits per heavy atom. The van der Waals surface area contributed by atoms with Gasteiger partial charge in [0.25, 0.3) is 0 Å². The van der Waals surface area contributed by atoms with E-state index in [2.05, 4.69) is 0 Å². The van der Waals surface area contributed by atoms with Crippen LogP contribution >= 0.6 is 0 Å². The fourth-order valence-corrected chi connectivity index (χ4v) is 2.35. The Hall–Kier alpha value is -1.14. The van der Waals surface area contributed by atoms with Gasteiger partial charge < -0.3 is 15.2 Å². The van der Waals surface area contributed by atoms with Gasteiger partial charge in [-0.1, -0.05) is 20.8 Å². The van der Waals surface area contributed by atoms with Crippen LogP contribution in [-0.4, -0.2) is 55.2 Å². The Bertz CT molecular complexity index is 359. The van der Waals surface area contributed by atoms with Crippen LogP contribution in [-0.2, 0) is 14.3 Å². The number of carbonyl (C=O) groups is 2. The average molecular weight is 344 g/mol. The third-order valence-corrected chi connectivity index (χ3v) is 3.65. The topological polar surface area (TPSA) is 81.9 Å². The largest absolute Gasteiger partial charge is 0.449 e. The van der Waals surface area contributed by atoms with E-state index in [4.69, 9.17) is 15.2 Å². The molecule has 1 atom stereocenters. The van der Waals surface area contributed by atoms with Crippen molar-refractivity contribution < 1.29 is 19.1 Å². The number of amides is 1. The summed E-state index contributed by atoms with van der Waals surface area (Å²) >= 11 is 0. The van der Waals surface area contributed by atoms with Gasteiger partial charge in [-0.15, -0.1) is 0 Å². The van der Waals surface area contributed by atoms with E-state index in [9.17, 15) is 9.59 Å². The summed E-state index contributed by atoms with van der Waals surface area (Å²) in [5.74, 6) is -0.0783. The predicted molar refractivity (Wildman–Crippen MR) is 96.0 cm³/mol. The van der Waals surface area contributed by atoms with Gasteiger partial charge in [0.15, 0.2) is 5.78 Å². The summed E-state index contributed by atoms with van der Waals surface area (Å²) < 4.78 is 10.8. The molecule has 0 radical (unpaired) electrons. The Labute approximate surface area is 147 Å². The van der Waals surface area contributed by atoms with Crippen molar-refractivity contribution in [3.05, 3.63) is 0 Å². The number of Topliss-reactive ketones (excluding diaryl/α,β-unsaturated/α-hetero) is 1. The van der Waals surface area contributed by atoms with E-state index in [1.165, 1.54) is 4.90 Å². The lowest BCUT2D eigenvalue weighted by atomic mass is 9.96. The third-order valence-electron chi connectivity index (χ3n) is 3.65. The van der Waals surface area contributed by atoms with E-state index < -0.39 is 12.1 Å². The first-order valence-electron chi connectivity index (χ1n) is 9.13. The number of unbranched alkanes of at least 4 members (excludes halogenated alkanes) is 1. The quantitative estimate of drug-likeness (QED) is 0.519. The summed E-state index contributed by atoms with van der Waals surface area (Å²) in [6.07, 6.45) is 2.64. The Morgan fingerprint density at radius 1 is 1.08 bits per heavy atom. The zero-order valence-corrected chi connectivity index (χ0v) is 16.0. The normalized spacial score (nSPS) is 12.5. The molecule has 0 heterocycles. The van der Waals surface area contributed by atoms with Crippen LogP contribution in [0.5, 0.6) is 0 Å². The molecule has 0 aromatic carbocycles. The second kappa shape index (κ2) is 13.2. The maximum Gasteiger partial charge on any atom is 0.410 e. The number of rotatable bonds is 13. The molecule has 24 heavy (non-hydrogen) atoms. The number of nitrogens with two attached hydrogens (primary N) is 1. The Kier molecular flexibility index (Phi) is 12.6. The highest BCUT2D eigenvalue weighted by Crippen LogP contribution is 2.16. The van der Waals surface area contributed by atoms with Crippen LogP contribution in [0.4, 0.5) is 4.79 Å². The van der Waals surface area contributed by atoms with Crippen molar-refractivity contribution in [1.82, 2.24) is 4.90 Å². The molecule has 0 fully saturated rings. The van der Waals surface area contributed by atoms with Crippen molar-refractivity contribution in [3.63, 3.8) is 0 Å². The van der Waals surface area contributed by atoms with E-state index in [0.29, 0.717) is 32.7 Å². The molecule has 0 saturated carbocycles. The molecule has 0 aromatic heterocycles. The molecule has 0 saturated heterocycles. The molecule has 0 aliphatic rings. The van der Waals surface area contributed by atoms with E-state index >= 15 is 0 Å². The van der Waals surface area contributed by atoms with Crippen molar-refractivity contribution in [2.45, 2.75) is 72.4 Å². The molecule has 0 rings (SSSR count). The summed E-state index contributed by atoms with van der Waals surface area (Å²) in [5.41, 5.74) is 5.56. The summed E-state index contributed by atoms with van der Waals surface area (Å²) in [7, 11) is 0. The van der Waals surface area contributed by atoms with E-state index in [1.54, 1.807) is 0 Å². The predicted octanol–water partition coefficient (Wildman–Crippen LogP) is 2.98. The number of ketones is 1. The molecule has 6 heteroatoms. The number of hydrogen-bond donors (Lipinski definition) is 1. The second-order valence-corrected chi connectivity index (χ2v) is 6.58. The van der Waals surface area contributed by atoms with Crippen LogP contribution in [0.3, 0.4) is 0 Å². The fourth-order valence-electron chi connectivity index (χ4n) is 2.35. The Balaban J connectivity index is 5.11. The highest BCUT2D eigenvalue weighted by molar-refractivity contribution is 5.88. The first-order valence-corrected chi connectivity index (χ1v) is 9.13. The molecular formula is C18H36N2O4. The van der Waals surface area contributed by atoms with Crippen LogP contribution in [0.15, 0.2) is 0 Å². The molecule has 1 amide bonds. The molecule has 142 valence electrons. The van der Waals surface area contributed by atoms with Gasteiger partial charge in [-0.3, -0.25) is 9.69 Å². The van der Waals surface area contributed by atoms with Gasteiger partial charge in [0.05, 0.1) is 25.4 Å². The number of hydrogen-bond acceptors (Lipinski definition) is 5. The monoisotopic (exact) mass is 344 g/mol. The number of ether oxygens (including phenoxy) is 2. The number of nitrogens with zero attached hydrogens (tertiary/aromatic N) is 1. The summed E-state index contributed by atoms with van der Waals surface area (Å²) in [4.78, 5) is 26.6. The molecule has 0 aromatic rings.